The Labute approximate surface area is 153 Å². The van der Waals surface area contributed by atoms with Gasteiger partial charge in [0.15, 0.2) is 23.1 Å². The van der Waals surface area contributed by atoms with E-state index in [0.29, 0.717) is 23.3 Å². The average Bonchev–Trinajstić information content (AvgIpc) is 3.09. The quantitative estimate of drug-likeness (QED) is 0.871. The van der Waals surface area contributed by atoms with Crippen molar-refractivity contribution in [1.29, 1.82) is 0 Å². The average molecular weight is 373 g/mol. The van der Waals surface area contributed by atoms with Crippen molar-refractivity contribution in [3.8, 4) is 11.5 Å². The number of carbonyl (C=O) groups is 1. The van der Waals surface area contributed by atoms with Crippen LogP contribution in [0.15, 0.2) is 24.7 Å². The summed E-state index contributed by atoms with van der Waals surface area (Å²) in [5.74, 6) is 0.0912. The predicted octanol–water partition coefficient (Wildman–Crippen LogP) is 3.19. The molecule has 1 amide bonds. The van der Waals surface area contributed by atoms with Crippen LogP contribution >= 0.6 is 0 Å². The standard InChI is InChI=1S/C19H17F2N3O3/c1-26-16-8-23-14(18(25)24-17-12(20)6-22-7-13(17)21)4-15(16)27-19-5-9-2-10(19)11(19)3-9/h4,6-11H,2-3,5H2,1H3,(H,22,24,25). The van der Waals surface area contributed by atoms with Crippen LogP contribution in [0.2, 0.25) is 0 Å². The van der Waals surface area contributed by atoms with Gasteiger partial charge in [0, 0.05) is 17.9 Å². The number of carbonyl (C=O) groups excluding carboxylic acids is 1. The molecular formula is C19H17F2N3O3. The molecule has 0 aliphatic heterocycles. The molecule has 0 spiro atoms. The zero-order chi connectivity index (χ0) is 18.8. The van der Waals surface area contributed by atoms with Crippen LogP contribution in [-0.4, -0.2) is 28.6 Å². The number of rotatable bonds is 5. The minimum atomic E-state index is -0.959. The number of aromatic nitrogens is 2. The molecular weight excluding hydrogens is 356 g/mol. The van der Waals surface area contributed by atoms with Gasteiger partial charge in [-0.05, 0) is 25.2 Å². The van der Waals surface area contributed by atoms with E-state index in [1.807, 2.05) is 0 Å². The summed E-state index contributed by atoms with van der Waals surface area (Å²) in [5.41, 5.74) is -0.719. The van der Waals surface area contributed by atoms with Crippen LogP contribution in [0.3, 0.4) is 0 Å². The Kier molecular flexibility index (Phi) is 3.41. The highest BCUT2D eigenvalue weighted by Gasteiger charge is 2.77. The van der Waals surface area contributed by atoms with Gasteiger partial charge in [-0.15, -0.1) is 0 Å². The highest BCUT2D eigenvalue weighted by atomic mass is 19.1. The van der Waals surface area contributed by atoms with E-state index in [9.17, 15) is 13.6 Å². The molecule has 2 unspecified atom stereocenters. The first-order valence-electron chi connectivity index (χ1n) is 8.85. The molecule has 4 aliphatic carbocycles. The SMILES string of the molecule is COc1cnc(C(=O)Nc2c(F)cncc2F)cc1OC12CC3CC1C2C3. The van der Waals surface area contributed by atoms with Crippen molar-refractivity contribution >= 4 is 11.6 Å². The molecule has 27 heavy (non-hydrogen) atoms. The molecule has 4 fully saturated rings. The van der Waals surface area contributed by atoms with E-state index >= 15 is 0 Å². The Morgan fingerprint density at radius 3 is 2.48 bits per heavy atom. The fraction of sp³-hybridized carbons (Fsp3) is 0.421. The fourth-order valence-electron chi connectivity index (χ4n) is 4.93. The van der Waals surface area contributed by atoms with Crippen LogP contribution in [-0.2, 0) is 0 Å². The van der Waals surface area contributed by atoms with Crippen molar-refractivity contribution in [2.45, 2.75) is 24.9 Å². The summed E-state index contributed by atoms with van der Waals surface area (Å²) >= 11 is 0. The van der Waals surface area contributed by atoms with Crippen molar-refractivity contribution in [2.24, 2.45) is 17.8 Å². The van der Waals surface area contributed by atoms with Gasteiger partial charge in [0.1, 0.15) is 17.0 Å². The normalized spacial score (nSPS) is 29.5. The van der Waals surface area contributed by atoms with Gasteiger partial charge in [0.2, 0.25) is 0 Å². The van der Waals surface area contributed by atoms with Crippen LogP contribution in [0.1, 0.15) is 29.8 Å². The van der Waals surface area contributed by atoms with Gasteiger partial charge in [0.25, 0.3) is 5.91 Å². The number of methoxy groups -OCH3 is 1. The maximum atomic E-state index is 13.7. The number of anilines is 1. The number of pyridine rings is 2. The molecule has 8 heteroatoms. The Bertz CT molecular complexity index is 920. The lowest BCUT2D eigenvalue weighted by Gasteiger charge is -2.18. The summed E-state index contributed by atoms with van der Waals surface area (Å²) in [5, 5.41) is 2.20. The van der Waals surface area contributed by atoms with Crippen molar-refractivity contribution in [3.05, 3.63) is 42.0 Å². The monoisotopic (exact) mass is 373 g/mol. The van der Waals surface area contributed by atoms with Crippen molar-refractivity contribution < 1.29 is 23.0 Å². The Hall–Kier alpha value is -2.77. The molecule has 2 atom stereocenters. The largest absolute Gasteiger partial charge is 0.491 e. The lowest BCUT2D eigenvalue weighted by Crippen LogP contribution is -2.20. The van der Waals surface area contributed by atoms with E-state index in [1.165, 1.54) is 32.2 Å². The van der Waals surface area contributed by atoms with E-state index in [-0.39, 0.29) is 11.3 Å². The Morgan fingerprint density at radius 1 is 1.19 bits per heavy atom. The summed E-state index contributed by atoms with van der Waals surface area (Å²) in [7, 11) is 1.50. The maximum Gasteiger partial charge on any atom is 0.274 e. The molecule has 4 bridgehead atoms. The van der Waals surface area contributed by atoms with E-state index in [1.54, 1.807) is 0 Å². The lowest BCUT2D eigenvalue weighted by molar-refractivity contribution is 0.101. The third-order valence-electron chi connectivity index (χ3n) is 6.09. The Morgan fingerprint density at radius 2 is 1.89 bits per heavy atom. The van der Waals surface area contributed by atoms with Crippen molar-refractivity contribution in [1.82, 2.24) is 9.97 Å². The van der Waals surface area contributed by atoms with Gasteiger partial charge in [-0.2, -0.15) is 0 Å². The van der Waals surface area contributed by atoms with E-state index in [4.69, 9.17) is 9.47 Å². The molecule has 0 saturated heterocycles. The number of amides is 1. The number of halogens is 2. The first-order chi connectivity index (χ1) is 13.0. The lowest BCUT2D eigenvalue weighted by atomic mass is 10.1. The topological polar surface area (TPSA) is 73.3 Å². The highest BCUT2D eigenvalue weighted by molar-refractivity contribution is 6.03. The summed E-state index contributed by atoms with van der Waals surface area (Å²) in [4.78, 5) is 19.9. The summed E-state index contributed by atoms with van der Waals surface area (Å²) in [6.07, 6.45) is 6.47. The number of hydrogen-bond donors (Lipinski definition) is 1. The van der Waals surface area contributed by atoms with Gasteiger partial charge in [0.05, 0.1) is 25.7 Å². The van der Waals surface area contributed by atoms with Crippen molar-refractivity contribution in [3.63, 3.8) is 0 Å². The second-order valence-corrected chi connectivity index (χ2v) is 7.46. The number of ether oxygens (including phenoxy) is 2. The second kappa shape index (κ2) is 5.61. The Balaban J connectivity index is 1.41. The minimum absolute atomic E-state index is 0.0136. The van der Waals surface area contributed by atoms with E-state index in [0.717, 1.165) is 24.7 Å². The fourth-order valence-corrected chi connectivity index (χ4v) is 4.93. The zero-order valence-corrected chi connectivity index (χ0v) is 14.5. The molecule has 6 rings (SSSR count). The van der Waals surface area contributed by atoms with Gasteiger partial charge in [-0.3, -0.25) is 9.78 Å². The first-order valence-corrected chi connectivity index (χ1v) is 8.85. The third-order valence-corrected chi connectivity index (χ3v) is 6.09. The summed E-state index contributed by atoms with van der Waals surface area (Å²) in [6, 6.07) is 1.46. The van der Waals surface area contributed by atoms with Gasteiger partial charge in [-0.1, -0.05) is 0 Å². The second-order valence-electron chi connectivity index (χ2n) is 7.46. The van der Waals surface area contributed by atoms with Crippen LogP contribution < -0.4 is 14.8 Å². The van der Waals surface area contributed by atoms with Gasteiger partial charge < -0.3 is 14.8 Å². The van der Waals surface area contributed by atoms with Gasteiger partial charge >= 0.3 is 0 Å². The smallest absolute Gasteiger partial charge is 0.274 e. The summed E-state index contributed by atoms with van der Waals surface area (Å²) in [6.45, 7) is 0. The molecule has 2 aromatic heterocycles. The highest BCUT2D eigenvalue weighted by Crippen LogP contribution is 2.74. The first kappa shape index (κ1) is 16.4. The van der Waals surface area contributed by atoms with Crippen LogP contribution in [0.5, 0.6) is 11.5 Å². The van der Waals surface area contributed by atoms with E-state index < -0.39 is 23.2 Å². The number of nitrogens with one attached hydrogen (secondary N) is 1. The summed E-state index contributed by atoms with van der Waals surface area (Å²) < 4.78 is 39.0. The number of nitrogens with zero attached hydrogens (tertiary/aromatic N) is 2. The zero-order valence-electron chi connectivity index (χ0n) is 14.5. The van der Waals surface area contributed by atoms with E-state index in [2.05, 4.69) is 15.3 Å². The molecule has 140 valence electrons. The molecule has 4 saturated carbocycles. The van der Waals surface area contributed by atoms with Crippen molar-refractivity contribution in [2.75, 3.05) is 12.4 Å². The molecule has 4 aliphatic rings. The molecule has 0 radical (unpaired) electrons. The maximum absolute atomic E-state index is 13.7. The molecule has 6 nitrogen and oxygen atoms in total. The van der Waals surface area contributed by atoms with Crippen LogP contribution in [0.4, 0.5) is 14.5 Å². The molecule has 2 heterocycles. The van der Waals surface area contributed by atoms with Gasteiger partial charge in [-0.25, -0.2) is 13.8 Å². The molecule has 0 aromatic carbocycles. The third kappa shape index (κ3) is 2.39. The minimum Gasteiger partial charge on any atom is -0.491 e. The molecule has 1 N–H and O–H groups in total. The predicted molar refractivity (Wildman–Crippen MR) is 90.6 cm³/mol. The molecule has 2 aromatic rings. The number of hydrogen-bond acceptors (Lipinski definition) is 5. The van der Waals surface area contributed by atoms with Crippen LogP contribution in [0, 0.1) is 29.4 Å². The van der Waals surface area contributed by atoms with Crippen LogP contribution in [0.25, 0.3) is 0 Å².